The topological polar surface area (TPSA) is 66.8 Å². The van der Waals surface area contributed by atoms with Crippen LogP contribution in [0.3, 0.4) is 0 Å². The molecular weight excluding hydrogens is 304 g/mol. The van der Waals surface area contributed by atoms with E-state index >= 15 is 0 Å². The van der Waals surface area contributed by atoms with E-state index in [2.05, 4.69) is 20.8 Å². The van der Waals surface area contributed by atoms with Gasteiger partial charge >= 0.3 is 5.97 Å². The fourth-order valence-electron chi connectivity index (χ4n) is 7.23. The zero-order valence-electron chi connectivity index (χ0n) is 15.1. The first-order chi connectivity index (χ1) is 11.3. The van der Waals surface area contributed by atoms with Crippen LogP contribution in [-0.2, 0) is 9.53 Å². The maximum absolute atomic E-state index is 12.4. The van der Waals surface area contributed by atoms with Crippen molar-refractivity contribution in [2.45, 2.75) is 72.0 Å². The first kappa shape index (κ1) is 16.6. The summed E-state index contributed by atoms with van der Waals surface area (Å²) in [7, 11) is 0. The minimum Gasteiger partial charge on any atom is -0.428 e. The highest BCUT2D eigenvalue weighted by atomic mass is 16.6. The van der Waals surface area contributed by atoms with E-state index in [1.54, 1.807) is 0 Å². The first-order valence-electron chi connectivity index (χ1n) is 9.50. The summed E-state index contributed by atoms with van der Waals surface area (Å²) in [5.41, 5.74) is 1.57. The van der Waals surface area contributed by atoms with Crippen LogP contribution >= 0.6 is 0 Å². The number of rotatable bonds is 1. The Kier molecular flexibility index (Phi) is 3.51. The van der Waals surface area contributed by atoms with Gasteiger partial charge in [-0.25, -0.2) is 4.79 Å². The molecule has 1 heterocycles. The Bertz CT molecular complexity index is 611. The quantitative estimate of drug-likeness (QED) is 0.723. The average molecular weight is 334 g/mol. The van der Waals surface area contributed by atoms with Crippen LogP contribution in [0.2, 0.25) is 0 Å². The van der Waals surface area contributed by atoms with Gasteiger partial charge in [-0.3, -0.25) is 0 Å². The SMILES string of the molecule is CC1(CO)CCCC2(C)C1CCC1(C)C3=C(CCC12)C(O)OC3=O. The van der Waals surface area contributed by atoms with E-state index in [0.29, 0.717) is 11.8 Å². The van der Waals surface area contributed by atoms with E-state index in [1.165, 1.54) is 6.42 Å². The van der Waals surface area contributed by atoms with Crippen LogP contribution in [-0.4, -0.2) is 29.1 Å². The number of ether oxygens (including phenoxy) is 1. The number of aliphatic hydroxyl groups excluding tert-OH is 2. The fraction of sp³-hybridized carbons (Fsp3) is 0.850. The Morgan fingerprint density at radius 2 is 1.88 bits per heavy atom. The van der Waals surface area contributed by atoms with Gasteiger partial charge in [0.05, 0.1) is 0 Å². The molecule has 3 aliphatic carbocycles. The molecule has 0 amide bonds. The summed E-state index contributed by atoms with van der Waals surface area (Å²) in [5.74, 6) is 0.630. The fourth-order valence-corrected chi connectivity index (χ4v) is 7.23. The van der Waals surface area contributed by atoms with E-state index in [-0.39, 0.29) is 28.8 Å². The van der Waals surface area contributed by atoms with Gasteiger partial charge in [0.2, 0.25) is 6.29 Å². The molecule has 0 saturated heterocycles. The standard InChI is InChI=1S/C20H30O4/c1-18(11-21)8-4-9-19(2)13(18)7-10-20(3)14(19)6-5-12-15(20)17(23)24-16(12)22/h13-14,16,21-22H,4-11H2,1-3H3. The third kappa shape index (κ3) is 1.90. The Hall–Kier alpha value is -0.870. The van der Waals surface area contributed by atoms with Crippen molar-refractivity contribution in [1.82, 2.24) is 0 Å². The number of fused-ring (bicyclic) bond motifs is 4. The second-order valence-corrected chi connectivity index (χ2v) is 9.43. The van der Waals surface area contributed by atoms with Crippen molar-refractivity contribution in [3.8, 4) is 0 Å². The highest BCUT2D eigenvalue weighted by Crippen LogP contribution is 2.68. The first-order valence-corrected chi connectivity index (χ1v) is 9.50. The highest BCUT2D eigenvalue weighted by molar-refractivity contribution is 5.94. The van der Waals surface area contributed by atoms with Crippen LogP contribution in [0.25, 0.3) is 0 Å². The van der Waals surface area contributed by atoms with E-state index in [1.807, 2.05) is 0 Å². The minimum absolute atomic E-state index is 0.00130. The molecule has 1 aliphatic heterocycles. The minimum atomic E-state index is -1.02. The summed E-state index contributed by atoms with van der Waals surface area (Å²) >= 11 is 0. The third-order valence-electron chi connectivity index (χ3n) is 8.29. The zero-order valence-corrected chi connectivity index (χ0v) is 15.1. The lowest BCUT2D eigenvalue weighted by Gasteiger charge is -2.64. The van der Waals surface area contributed by atoms with Crippen LogP contribution in [0, 0.1) is 28.1 Å². The van der Waals surface area contributed by atoms with Crippen LogP contribution in [0.5, 0.6) is 0 Å². The molecule has 0 aromatic carbocycles. The number of hydrogen-bond acceptors (Lipinski definition) is 4. The number of esters is 1. The van der Waals surface area contributed by atoms with Crippen molar-refractivity contribution in [3.05, 3.63) is 11.1 Å². The van der Waals surface area contributed by atoms with Gasteiger partial charge in [-0.1, -0.05) is 27.2 Å². The summed E-state index contributed by atoms with van der Waals surface area (Å²) in [6.07, 6.45) is 6.17. The predicted molar refractivity (Wildman–Crippen MR) is 89.8 cm³/mol. The smallest absolute Gasteiger partial charge is 0.337 e. The summed E-state index contributed by atoms with van der Waals surface area (Å²) < 4.78 is 5.16. The number of carbonyl (C=O) groups is 1. The maximum Gasteiger partial charge on any atom is 0.337 e. The lowest BCUT2D eigenvalue weighted by Crippen LogP contribution is -2.58. The molecule has 4 aliphatic rings. The predicted octanol–water partition coefficient (Wildman–Crippen LogP) is 3.17. The van der Waals surface area contributed by atoms with Gasteiger partial charge in [0.15, 0.2) is 0 Å². The van der Waals surface area contributed by atoms with Gasteiger partial charge in [0.1, 0.15) is 0 Å². The number of aliphatic hydroxyl groups is 2. The van der Waals surface area contributed by atoms with Crippen LogP contribution in [0.15, 0.2) is 11.1 Å². The lowest BCUT2D eigenvalue weighted by atomic mass is 9.40. The molecule has 0 bridgehead atoms. The molecule has 6 unspecified atom stereocenters. The summed E-state index contributed by atoms with van der Waals surface area (Å²) in [6.45, 7) is 7.12. The summed E-state index contributed by atoms with van der Waals surface area (Å²) in [4.78, 5) is 12.4. The largest absolute Gasteiger partial charge is 0.428 e. The van der Waals surface area contributed by atoms with E-state index in [0.717, 1.165) is 49.7 Å². The molecule has 0 aromatic rings. The molecule has 4 nitrogen and oxygen atoms in total. The van der Waals surface area contributed by atoms with Gasteiger partial charge in [0.25, 0.3) is 0 Å². The molecule has 0 radical (unpaired) electrons. The highest BCUT2D eigenvalue weighted by Gasteiger charge is 2.63. The van der Waals surface area contributed by atoms with Crippen LogP contribution < -0.4 is 0 Å². The van der Waals surface area contributed by atoms with Gasteiger partial charge in [-0.15, -0.1) is 0 Å². The molecule has 134 valence electrons. The molecule has 2 N–H and O–H groups in total. The van der Waals surface area contributed by atoms with Crippen molar-refractivity contribution >= 4 is 5.97 Å². The summed E-state index contributed by atoms with van der Waals surface area (Å²) in [5, 5.41) is 20.2. The van der Waals surface area contributed by atoms with E-state index in [9.17, 15) is 15.0 Å². The van der Waals surface area contributed by atoms with Gasteiger partial charge in [-0.05, 0) is 61.2 Å². The Morgan fingerprint density at radius 1 is 1.12 bits per heavy atom. The van der Waals surface area contributed by atoms with Crippen LogP contribution in [0.1, 0.15) is 65.7 Å². The molecular formula is C20H30O4. The zero-order chi connectivity index (χ0) is 17.3. The monoisotopic (exact) mass is 334 g/mol. The van der Waals surface area contributed by atoms with Crippen molar-refractivity contribution in [2.24, 2.45) is 28.1 Å². The third-order valence-corrected chi connectivity index (χ3v) is 8.29. The maximum atomic E-state index is 12.4. The Labute approximate surface area is 144 Å². The van der Waals surface area contributed by atoms with Gasteiger partial charge < -0.3 is 14.9 Å². The summed E-state index contributed by atoms with van der Waals surface area (Å²) in [6, 6.07) is 0. The molecule has 0 aromatic heterocycles. The molecule has 24 heavy (non-hydrogen) atoms. The average Bonchev–Trinajstić information content (AvgIpc) is 2.82. The second kappa shape index (κ2) is 5.07. The molecule has 2 saturated carbocycles. The van der Waals surface area contributed by atoms with Crippen LogP contribution in [0.4, 0.5) is 0 Å². The second-order valence-electron chi connectivity index (χ2n) is 9.43. The molecule has 4 rings (SSSR count). The molecule has 2 fully saturated rings. The van der Waals surface area contributed by atoms with Gasteiger partial charge in [-0.2, -0.15) is 0 Å². The van der Waals surface area contributed by atoms with E-state index in [4.69, 9.17) is 4.74 Å². The van der Waals surface area contributed by atoms with Crippen molar-refractivity contribution in [3.63, 3.8) is 0 Å². The number of hydrogen-bond donors (Lipinski definition) is 2. The Balaban J connectivity index is 1.78. The lowest BCUT2D eigenvalue weighted by molar-refractivity contribution is -0.156. The van der Waals surface area contributed by atoms with Crippen molar-refractivity contribution in [1.29, 1.82) is 0 Å². The number of cyclic esters (lactones) is 1. The number of carbonyl (C=O) groups excluding carboxylic acids is 1. The normalized spacial score (nSPS) is 50.9. The molecule has 6 atom stereocenters. The molecule has 4 heteroatoms. The molecule has 0 spiro atoms. The van der Waals surface area contributed by atoms with Crippen molar-refractivity contribution < 1.29 is 19.7 Å². The van der Waals surface area contributed by atoms with Crippen molar-refractivity contribution in [2.75, 3.05) is 6.61 Å². The van der Waals surface area contributed by atoms with E-state index < -0.39 is 6.29 Å². The Morgan fingerprint density at radius 3 is 2.58 bits per heavy atom. The van der Waals surface area contributed by atoms with Gasteiger partial charge in [0, 0.05) is 23.2 Å².